The van der Waals surface area contributed by atoms with E-state index in [-0.39, 0.29) is 0 Å². The molecule has 4 rings (SSSR count). The van der Waals surface area contributed by atoms with Crippen molar-refractivity contribution in [3.63, 3.8) is 0 Å². The number of nitrogens with one attached hydrogen (secondary N) is 1. The van der Waals surface area contributed by atoms with E-state index >= 15 is 0 Å². The van der Waals surface area contributed by atoms with E-state index < -0.39 is 24.4 Å². The Kier molecular flexibility index (Phi) is 4.71. The molecule has 0 spiro atoms. The lowest BCUT2D eigenvalue weighted by Crippen LogP contribution is -2.36. The number of hydrogen-bond donors (Lipinski definition) is 3. The summed E-state index contributed by atoms with van der Waals surface area (Å²) in [6.07, 6.45) is 1.24. The molecular weight excluding hydrogens is 336 g/mol. The average molecular weight is 358 g/mol. The number of fused-ring (bicyclic) bond motifs is 1. The van der Waals surface area contributed by atoms with Gasteiger partial charge in [0.2, 0.25) is 11.8 Å². The molecule has 1 aliphatic heterocycles. The number of aryl methyl sites for hydroxylation is 1. The smallest absolute Gasteiger partial charge is 0.218 e. The number of aliphatic hydroxyl groups excluding tert-OH is 2. The van der Waals surface area contributed by atoms with Crippen LogP contribution in [0.5, 0.6) is 11.8 Å². The maximum Gasteiger partial charge on any atom is 0.218 e. The van der Waals surface area contributed by atoms with Crippen molar-refractivity contribution in [2.24, 2.45) is 0 Å². The summed E-state index contributed by atoms with van der Waals surface area (Å²) in [4.78, 5) is 12.5. The van der Waals surface area contributed by atoms with Gasteiger partial charge in [0.05, 0.1) is 0 Å². The number of aliphatic hydroxyl groups is 2. The molecule has 0 unspecified atom stereocenters. The second-order valence-electron chi connectivity index (χ2n) is 6.65. The first-order valence-electron chi connectivity index (χ1n) is 8.78. The van der Waals surface area contributed by atoms with Crippen LogP contribution in [-0.4, -0.2) is 56.1 Å². The molecule has 1 fully saturated rings. The van der Waals surface area contributed by atoms with Crippen LogP contribution in [0, 0.1) is 6.92 Å². The molecule has 2 aromatic heterocycles. The van der Waals surface area contributed by atoms with Gasteiger partial charge < -0.3 is 25.0 Å². The highest BCUT2D eigenvalue weighted by molar-refractivity contribution is 5.36. The van der Waals surface area contributed by atoms with E-state index in [1.165, 1.54) is 5.56 Å². The van der Waals surface area contributed by atoms with Crippen molar-refractivity contribution < 1.29 is 19.7 Å². The molecule has 1 aliphatic carbocycles. The summed E-state index contributed by atoms with van der Waals surface area (Å²) in [5, 5.41) is 24.0. The number of hydrogen-bond acceptors (Lipinski definition) is 8. The van der Waals surface area contributed by atoms with Crippen molar-refractivity contribution in [3.8, 4) is 11.8 Å². The Morgan fingerprint density at radius 2 is 1.85 bits per heavy atom. The third kappa shape index (κ3) is 3.35. The maximum absolute atomic E-state index is 10.4. The number of nitrogens with zero attached hydrogens (tertiary/aromatic N) is 3. The Balaban J connectivity index is 1.48. The molecule has 2 aliphatic rings. The molecule has 0 bridgehead atoms. The number of rotatable bonds is 4. The van der Waals surface area contributed by atoms with Crippen LogP contribution in [-0.2, 0) is 13.0 Å². The molecular formula is C18H22N4O4. The Morgan fingerprint density at radius 1 is 1.08 bits per heavy atom. The average Bonchev–Trinajstić information content (AvgIpc) is 2.90. The lowest BCUT2D eigenvalue weighted by atomic mass is 10.0. The fraction of sp³-hybridized carbons (Fsp3) is 0.500. The molecule has 8 nitrogen and oxygen atoms in total. The predicted octanol–water partition coefficient (Wildman–Crippen LogP) is 0.146. The Hall–Kier alpha value is -2.29. The van der Waals surface area contributed by atoms with Crippen LogP contribution < -0.4 is 14.8 Å². The van der Waals surface area contributed by atoms with E-state index in [4.69, 9.17) is 9.47 Å². The molecule has 3 N–H and O–H groups in total. The molecule has 138 valence electrons. The molecule has 3 heterocycles. The molecule has 0 amide bonds. The standard InChI is InChI=1S/C18H22N4O4/c1-10-20-7-4-15(22-10)25-13-8-14(17(24)16(13)23)26-18-12-9-19-5-2-11(12)3-6-21-18/h3-4,6-7,13-14,16-17,19,23-24H,2,5,8-9H2,1H3/t13-,14+,16+,17-/m1/s1. The van der Waals surface area contributed by atoms with Gasteiger partial charge in [0, 0.05) is 37.0 Å². The lowest BCUT2D eigenvalue weighted by molar-refractivity contribution is -0.0328. The monoisotopic (exact) mass is 358 g/mol. The SMILES string of the molecule is Cc1nccc(O[C@@H]2C[C@H](Oc3nccc4c3CNCC4)[C@@H](O)[C@H]2O)n1. The van der Waals surface area contributed by atoms with Crippen molar-refractivity contribution in [1.82, 2.24) is 20.3 Å². The van der Waals surface area contributed by atoms with Crippen molar-refractivity contribution in [2.75, 3.05) is 6.54 Å². The van der Waals surface area contributed by atoms with Gasteiger partial charge in [-0.1, -0.05) is 0 Å². The summed E-state index contributed by atoms with van der Waals surface area (Å²) in [6.45, 7) is 3.37. The first-order chi connectivity index (χ1) is 12.6. The van der Waals surface area contributed by atoms with Crippen LogP contribution in [0.2, 0.25) is 0 Å². The third-order valence-corrected chi connectivity index (χ3v) is 4.85. The highest BCUT2D eigenvalue weighted by Crippen LogP contribution is 2.30. The summed E-state index contributed by atoms with van der Waals surface area (Å²) in [5.41, 5.74) is 2.21. The fourth-order valence-corrected chi connectivity index (χ4v) is 3.45. The molecule has 4 atom stereocenters. The topological polar surface area (TPSA) is 110 Å². The number of ether oxygens (including phenoxy) is 2. The van der Waals surface area contributed by atoms with E-state index in [0.29, 0.717) is 30.5 Å². The summed E-state index contributed by atoms with van der Waals surface area (Å²) >= 11 is 0. The molecule has 0 saturated heterocycles. The van der Waals surface area contributed by atoms with Crippen LogP contribution in [0.15, 0.2) is 24.5 Å². The summed E-state index contributed by atoms with van der Waals surface area (Å²) in [5.74, 6) is 1.45. The third-order valence-electron chi connectivity index (χ3n) is 4.85. The van der Waals surface area contributed by atoms with Crippen LogP contribution in [0.4, 0.5) is 0 Å². The highest BCUT2D eigenvalue weighted by Gasteiger charge is 2.45. The van der Waals surface area contributed by atoms with E-state index in [0.717, 1.165) is 18.5 Å². The van der Waals surface area contributed by atoms with Gasteiger partial charge in [-0.25, -0.2) is 9.97 Å². The minimum atomic E-state index is -1.06. The summed E-state index contributed by atoms with van der Waals surface area (Å²) in [6, 6.07) is 3.62. The van der Waals surface area contributed by atoms with Crippen molar-refractivity contribution in [1.29, 1.82) is 0 Å². The highest BCUT2D eigenvalue weighted by atomic mass is 16.5. The first-order valence-corrected chi connectivity index (χ1v) is 8.78. The molecule has 1 saturated carbocycles. The van der Waals surface area contributed by atoms with Gasteiger partial charge in [-0.3, -0.25) is 0 Å². The van der Waals surface area contributed by atoms with Gasteiger partial charge in [-0.15, -0.1) is 0 Å². The second-order valence-corrected chi connectivity index (χ2v) is 6.65. The Labute approximate surface area is 151 Å². The number of aromatic nitrogens is 3. The van der Waals surface area contributed by atoms with Crippen LogP contribution in [0.3, 0.4) is 0 Å². The lowest BCUT2D eigenvalue weighted by Gasteiger charge is -2.23. The zero-order chi connectivity index (χ0) is 18.1. The maximum atomic E-state index is 10.4. The Bertz CT molecular complexity index is 788. The fourth-order valence-electron chi connectivity index (χ4n) is 3.45. The quantitative estimate of drug-likeness (QED) is 0.708. The molecule has 0 aromatic carbocycles. The molecule has 0 radical (unpaired) electrons. The van der Waals surface area contributed by atoms with Crippen molar-refractivity contribution in [3.05, 3.63) is 41.5 Å². The van der Waals surface area contributed by atoms with Gasteiger partial charge in [0.1, 0.15) is 30.2 Å². The Morgan fingerprint density at radius 3 is 2.65 bits per heavy atom. The van der Waals surface area contributed by atoms with E-state index in [9.17, 15) is 10.2 Å². The predicted molar refractivity (Wildman–Crippen MR) is 91.9 cm³/mol. The summed E-state index contributed by atoms with van der Waals surface area (Å²) in [7, 11) is 0. The zero-order valence-electron chi connectivity index (χ0n) is 14.5. The van der Waals surface area contributed by atoms with Crippen LogP contribution in [0.25, 0.3) is 0 Å². The van der Waals surface area contributed by atoms with E-state index in [2.05, 4.69) is 20.3 Å². The zero-order valence-corrected chi connectivity index (χ0v) is 14.5. The molecule has 26 heavy (non-hydrogen) atoms. The van der Waals surface area contributed by atoms with E-state index in [1.807, 2.05) is 6.07 Å². The van der Waals surface area contributed by atoms with Gasteiger partial charge in [-0.05, 0) is 31.5 Å². The molecule has 2 aromatic rings. The van der Waals surface area contributed by atoms with Gasteiger partial charge >= 0.3 is 0 Å². The minimum absolute atomic E-state index is 0.337. The van der Waals surface area contributed by atoms with Crippen LogP contribution in [0.1, 0.15) is 23.4 Å². The van der Waals surface area contributed by atoms with Crippen LogP contribution >= 0.6 is 0 Å². The second kappa shape index (κ2) is 7.14. The normalized spacial score (nSPS) is 27.8. The minimum Gasteiger partial charge on any atom is -0.471 e. The van der Waals surface area contributed by atoms with E-state index in [1.54, 1.807) is 25.4 Å². The van der Waals surface area contributed by atoms with Gasteiger partial charge in [-0.2, -0.15) is 4.98 Å². The van der Waals surface area contributed by atoms with Gasteiger partial charge in [0.15, 0.2) is 0 Å². The summed E-state index contributed by atoms with van der Waals surface area (Å²) < 4.78 is 11.7. The van der Waals surface area contributed by atoms with Crippen molar-refractivity contribution >= 4 is 0 Å². The number of pyridine rings is 1. The molecule has 8 heteroatoms. The first kappa shape index (κ1) is 17.1. The largest absolute Gasteiger partial charge is 0.471 e. The van der Waals surface area contributed by atoms with Crippen molar-refractivity contribution in [2.45, 2.75) is 50.7 Å². The van der Waals surface area contributed by atoms with Gasteiger partial charge in [0.25, 0.3) is 0 Å².